The maximum Gasteiger partial charge on any atom is 0.124 e. The van der Waals surface area contributed by atoms with E-state index in [4.69, 9.17) is 4.74 Å². The predicted octanol–water partition coefficient (Wildman–Crippen LogP) is 1.35. The van der Waals surface area contributed by atoms with Crippen LogP contribution in [0.2, 0.25) is 0 Å². The predicted molar refractivity (Wildman–Crippen MR) is 43.3 cm³/mol. The Bertz CT molecular complexity index is 245. The van der Waals surface area contributed by atoms with Gasteiger partial charge in [0.2, 0.25) is 0 Å². The van der Waals surface area contributed by atoms with Gasteiger partial charge in [-0.1, -0.05) is 0 Å². The topological polar surface area (TPSA) is 35.0 Å². The molecular weight excluding hydrogens is 208 g/mol. The van der Waals surface area contributed by atoms with E-state index >= 15 is 0 Å². The molecule has 0 radical (unpaired) electrons. The molecule has 0 N–H and O–H groups in total. The molecule has 0 bridgehead atoms. The minimum absolute atomic E-state index is 0.468. The quantitative estimate of drug-likeness (QED) is 0.709. The summed E-state index contributed by atoms with van der Waals surface area (Å²) in [6.45, 7) is 1.58. The van der Waals surface area contributed by atoms with Crippen LogP contribution in [0.25, 0.3) is 0 Å². The van der Waals surface area contributed by atoms with Gasteiger partial charge in [-0.3, -0.25) is 4.98 Å². The molecule has 0 unspecified atom stereocenters. The van der Waals surface area contributed by atoms with Crippen LogP contribution in [0.5, 0.6) is 0 Å². The fraction of sp³-hybridized carbons (Fsp3) is 0.429. The first-order chi connectivity index (χ1) is 5.36. The average Bonchev–Trinajstić information content (AvgIpc) is 1.90. The summed E-state index contributed by atoms with van der Waals surface area (Å²) in [6.07, 6.45) is 3.50. The van der Waals surface area contributed by atoms with Gasteiger partial charge >= 0.3 is 0 Å². The summed E-state index contributed by atoms with van der Waals surface area (Å²) in [5, 5.41) is 0. The van der Waals surface area contributed by atoms with Crippen LogP contribution in [-0.4, -0.2) is 23.2 Å². The molecule has 0 spiro atoms. The van der Waals surface area contributed by atoms with E-state index in [0.717, 1.165) is 23.5 Å². The highest BCUT2D eigenvalue weighted by Crippen LogP contribution is 2.21. The van der Waals surface area contributed by atoms with E-state index in [-0.39, 0.29) is 0 Å². The number of halogens is 1. The molecule has 1 aliphatic rings. The lowest BCUT2D eigenvalue weighted by atomic mass is 10.1. The summed E-state index contributed by atoms with van der Waals surface area (Å²) >= 11 is 3.23. The summed E-state index contributed by atoms with van der Waals surface area (Å²) < 4.78 is 5.82. The Morgan fingerprint density at radius 2 is 2.18 bits per heavy atom. The molecule has 1 aliphatic heterocycles. The van der Waals surface area contributed by atoms with Crippen molar-refractivity contribution in [2.45, 2.75) is 5.92 Å². The second-order valence-electron chi connectivity index (χ2n) is 2.50. The van der Waals surface area contributed by atoms with Crippen molar-refractivity contribution >= 4 is 15.9 Å². The van der Waals surface area contributed by atoms with E-state index < -0.39 is 0 Å². The lowest BCUT2D eigenvalue weighted by molar-refractivity contribution is 0.00654. The van der Waals surface area contributed by atoms with Crippen LogP contribution in [0.4, 0.5) is 0 Å². The van der Waals surface area contributed by atoms with Crippen LogP contribution in [0.1, 0.15) is 11.6 Å². The van der Waals surface area contributed by atoms with Crippen molar-refractivity contribution in [3.8, 4) is 0 Å². The Morgan fingerprint density at radius 3 is 2.64 bits per heavy atom. The molecule has 3 nitrogen and oxygen atoms in total. The molecule has 11 heavy (non-hydrogen) atoms. The second kappa shape index (κ2) is 2.87. The summed E-state index contributed by atoms with van der Waals surface area (Å²) in [7, 11) is 0. The van der Waals surface area contributed by atoms with Crippen molar-refractivity contribution in [3.63, 3.8) is 0 Å². The maximum absolute atomic E-state index is 5.04. The first kappa shape index (κ1) is 7.18. The van der Waals surface area contributed by atoms with E-state index in [1.54, 1.807) is 12.4 Å². The number of aromatic nitrogens is 2. The second-order valence-corrected chi connectivity index (χ2v) is 3.31. The van der Waals surface area contributed by atoms with Crippen molar-refractivity contribution in [2.75, 3.05) is 13.2 Å². The fourth-order valence-electron chi connectivity index (χ4n) is 0.940. The van der Waals surface area contributed by atoms with E-state index in [0.29, 0.717) is 5.92 Å². The number of ether oxygens (including phenoxy) is 1. The molecule has 0 aliphatic carbocycles. The maximum atomic E-state index is 5.04. The molecule has 0 saturated carbocycles. The molecule has 1 fully saturated rings. The third-order valence-electron chi connectivity index (χ3n) is 1.70. The van der Waals surface area contributed by atoms with E-state index in [2.05, 4.69) is 25.9 Å². The Morgan fingerprint density at radius 1 is 1.36 bits per heavy atom. The van der Waals surface area contributed by atoms with Gasteiger partial charge in [0.25, 0.3) is 0 Å². The lowest BCUT2D eigenvalue weighted by Gasteiger charge is -2.24. The van der Waals surface area contributed by atoms with Crippen LogP contribution in [0.15, 0.2) is 17.0 Å². The van der Waals surface area contributed by atoms with Crippen LogP contribution in [0.3, 0.4) is 0 Å². The average molecular weight is 215 g/mol. The highest BCUT2D eigenvalue weighted by Gasteiger charge is 2.21. The van der Waals surface area contributed by atoms with Crippen LogP contribution < -0.4 is 0 Å². The Kier molecular flexibility index (Phi) is 1.87. The Balaban J connectivity index is 2.18. The summed E-state index contributed by atoms with van der Waals surface area (Å²) in [4.78, 5) is 8.29. The van der Waals surface area contributed by atoms with Crippen LogP contribution >= 0.6 is 15.9 Å². The molecule has 4 heteroatoms. The highest BCUT2D eigenvalue weighted by atomic mass is 79.9. The van der Waals surface area contributed by atoms with Gasteiger partial charge in [0, 0.05) is 5.92 Å². The highest BCUT2D eigenvalue weighted by molar-refractivity contribution is 9.10. The van der Waals surface area contributed by atoms with Gasteiger partial charge in [0.15, 0.2) is 0 Å². The molecule has 0 atom stereocenters. The SMILES string of the molecule is Brc1cnc(C2COC2)cn1. The van der Waals surface area contributed by atoms with E-state index in [1.807, 2.05) is 0 Å². The lowest BCUT2D eigenvalue weighted by Crippen LogP contribution is -2.26. The zero-order valence-electron chi connectivity index (χ0n) is 5.83. The third-order valence-corrected chi connectivity index (χ3v) is 2.11. The van der Waals surface area contributed by atoms with Gasteiger partial charge in [-0.15, -0.1) is 0 Å². The van der Waals surface area contributed by atoms with Crippen molar-refractivity contribution in [2.24, 2.45) is 0 Å². The summed E-state index contributed by atoms with van der Waals surface area (Å²) in [5.74, 6) is 0.468. The standard InChI is InChI=1S/C7H7BrN2O/c8-7-2-9-6(1-10-7)5-3-11-4-5/h1-2,5H,3-4H2. The monoisotopic (exact) mass is 214 g/mol. The smallest absolute Gasteiger partial charge is 0.124 e. The van der Waals surface area contributed by atoms with Gasteiger partial charge in [0.05, 0.1) is 31.3 Å². The third kappa shape index (κ3) is 1.41. The van der Waals surface area contributed by atoms with Crippen LogP contribution in [0, 0.1) is 0 Å². The van der Waals surface area contributed by atoms with Gasteiger partial charge < -0.3 is 4.74 Å². The molecule has 2 heterocycles. The minimum Gasteiger partial charge on any atom is -0.380 e. The Labute approximate surface area is 72.9 Å². The summed E-state index contributed by atoms with van der Waals surface area (Å²) in [5.41, 5.74) is 1.03. The molecule has 0 aromatic carbocycles. The molecule has 1 saturated heterocycles. The minimum atomic E-state index is 0.468. The first-order valence-electron chi connectivity index (χ1n) is 3.41. The van der Waals surface area contributed by atoms with Gasteiger partial charge in [0.1, 0.15) is 4.60 Å². The molecule has 1 aromatic rings. The number of hydrogen-bond acceptors (Lipinski definition) is 3. The molecule has 58 valence electrons. The fourth-order valence-corrected chi connectivity index (χ4v) is 1.14. The van der Waals surface area contributed by atoms with Crippen molar-refractivity contribution in [3.05, 3.63) is 22.7 Å². The van der Waals surface area contributed by atoms with Gasteiger partial charge in [-0.25, -0.2) is 4.98 Å². The molecular formula is C7H7BrN2O. The van der Waals surface area contributed by atoms with Crippen molar-refractivity contribution < 1.29 is 4.74 Å². The Hall–Kier alpha value is -0.480. The largest absolute Gasteiger partial charge is 0.380 e. The number of nitrogens with zero attached hydrogens (tertiary/aromatic N) is 2. The summed E-state index contributed by atoms with van der Waals surface area (Å²) in [6, 6.07) is 0. The van der Waals surface area contributed by atoms with Crippen LogP contribution in [-0.2, 0) is 4.74 Å². The number of rotatable bonds is 1. The number of hydrogen-bond donors (Lipinski definition) is 0. The van der Waals surface area contributed by atoms with E-state index in [9.17, 15) is 0 Å². The van der Waals surface area contributed by atoms with Crippen molar-refractivity contribution in [1.82, 2.24) is 9.97 Å². The van der Waals surface area contributed by atoms with Crippen molar-refractivity contribution in [1.29, 1.82) is 0 Å². The first-order valence-corrected chi connectivity index (χ1v) is 4.21. The van der Waals surface area contributed by atoms with Gasteiger partial charge in [-0.2, -0.15) is 0 Å². The molecule has 1 aromatic heterocycles. The molecule has 0 amide bonds. The van der Waals surface area contributed by atoms with E-state index in [1.165, 1.54) is 0 Å². The van der Waals surface area contributed by atoms with Gasteiger partial charge in [-0.05, 0) is 15.9 Å². The normalized spacial score (nSPS) is 17.9. The zero-order chi connectivity index (χ0) is 7.68. The zero-order valence-corrected chi connectivity index (χ0v) is 7.41. The molecule has 2 rings (SSSR count).